The Hall–Kier alpha value is -2.35. The number of likely N-dealkylation sites (tertiary alicyclic amines) is 1. The number of nitrogens with one attached hydrogen (secondary N) is 1. The van der Waals surface area contributed by atoms with E-state index in [4.69, 9.17) is 0 Å². The number of halogens is 4. The van der Waals surface area contributed by atoms with Crippen LogP contribution in [-0.2, 0) is 11.0 Å². The van der Waals surface area contributed by atoms with Gasteiger partial charge in [0, 0.05) is 29.0 Å². The lowest BCUT2D eigenvalue weighted by Crippen LogP contribution is -2.41. The van der Waals surface area contributed by atoms with E-state index in [-0.39, 0.29) is 11.6 Å². The molecule has 0 bridgehead atoms. The van der Waals surface area contributed by atoms with Gasteiger partial charge in [0.2, 0.25) is 5.91 Å². The molecule has 0 aromatic heterocycles. The molecule has 148 valence electrons. The first kappa shape index (κ1) is 20.4. The number of amides is 2. The number of hydrogen-bond donors (Lipinski definition) is 1. The standard InChI is InChI=1S/C20H18BrF3N2O2/c21-15-7-5-14(6-8-15)19(28)26-11-9-13(10-12-26)18(27)25-17-4-2-1-3-16(17)20(22,23)24/h1-8,13H,9-12H2,(H,25,27). The quantitative estimate of drug-likeness (QED) is 0.712. The van der Waals surface area contributed by atoms with Crippen molar-refractivity contribution in [1.82, 2.24) is 4.90 Å². The van der Waals surface area contributed by atoms with E-state index in [1.165, 1.54) is 18.2 Å². The van der Waals surface area contributed by atoms with Gasteiger partial charge in [-0.1, -0.05) is 28.1 Å². The molecule has 3 rings (SSSR count). The highest BCUT2D eigenvalue weighted by Gasteiger charge is 2.34. The Morgan fingerprint density at radius 2 is 1.61 bits per heavy atom. The van der Waals surface area contributed by atoms with Gasteiger partial charge in [-0.25, -0.2) is 0 Å². The van der Waals surface area contributed by atoms with Crippen LogP contribution in [0.5, 0.6) is 0 Å². The zero-order valence-electron chi connectivity index (χ0n) is 14.8. The number of nitrogens with zero attached hydrogens (tertiary/aromatic N) is 1. The molecule has 1 fully saturated rings. The van der Waals surface area contributed by atoms with Crippen molar-refractivity contribution < 1.29 is 22.8 Å². The number of benzene rings is 2. The van der Waals surface area contributed by atoms with Gasteiger partial charge >= 0.3 is 6.18 Å². The van der Waals surface area contributed by atoms with Crippen LogP contribution in [0.3, 0.4) is 0 Å². The van der Waals surface area contributed by atoms with Crippen LogP contribution in [-0.4, -0.2) is 29.8 Å². The number of rotatable bonds is 3. The minimum Gasteiger partial charge on any atom is -0.339 e. The zero-order chi connectivity index (χ0) is 20.3. The molecule has 2 amide bonds. The fourth-order valence-electron chi connectivity index (χ4n) is 3.19. The third-order valence-corrected chi connectivity index (χ3v) is 5.26. The Labute approximate surface area is 168 Å². The molecule has 0 aliphatic carbocycles. The molecule has 0 saturated carbocycles. The predicted molar refractivity (Wildman–Crippen MR) is 103 cm³/mol. The Morgan fingerprint density at radius 1 is 1.00 bits per heavy atom. The minimum atomic E-state index is -4.54. The molecule has 8 heteroatoms. The first-order valence-corrected chi connectivity index (χ1v) is 9.57. The average molecular weight is 455 g/mol. The molecule has 0 spiro atoms. The van der Waals surface area contributed by atoms with E-state index in [0.29, 0.717) is 31.5 Å². The number of alkyl halides is 3. The van der Waals surface area contributed by atoms with E-state index in [1.807, 2.05) is 0 Å². The highest BCUT2D eigenvalue weighted by atomic mass is 79.9. The molecule has 0 radical (unpaired) electrons. The van der Waals surface area contributed by atoms with Gasteiger partial charge in [0.05, 0.1) is 11.3 Å². The molecule has 1 N–H and O–H groups in total. The van der Waals surface area contributed by atoms with Gasteiger partial charge in [0.25, 0.3) is 5.91 Å². The maximum atomic E-state index is 13.1. The fourth-order valence-corrected chi connectivity index (χ4v) is 3.46. The number of carbonyl (C=O) groups excluding carboxylic acids is 2. The van der Waals surface area contributed by atoms with Crippen molar-refractivity contribution >= 4 is 33.4 Å². The van der Waals surface area contributed by atoms with Crippen molar-refractivity contribution in [1.29, 1.82) is 0 Å². The largest absolute Gasteiger partial charge is 0.418 e. The lowest BCUT2D eigenvalue weighted by molar-refractivity contribution is -0.137. The summed E-state index contributed by atoms with van der Waals surface area (Å²) in [7, 11) is 0. The van der Waals surface area contributed by atoms with Crippen LogP contribution in [0.15, 0.2) is 53.0 Å². The van der Waals surface area contributed by atoms with Crippen molar-refractivity contribution in [3.05, 3.63) is 64.1 Å². The zero-order valence-corrected chi connectivity index (χ0v) is 16.4. The minimum absolute atomic E-state index is 0.117. The summed E-state index contributed by atoms with van der Waals surface area (Å²) in [4.78, 5) is 26.6. The van der Waals surface area contributed by atoms with Crippen LogP contribution in [0, 0.1) is 5.92 Å². The lowest BCUT2D eigenvalue weighted by atomic mass is 9.95. The first-order chi connectivity index (χ1) is 13.3. The summed E-state index contributed by atoms with van der Waals surface area (Å²) in [6.07, 6.45) is -3.73. The molecule has 2 aromatic carbocycles. The molecule has 1 heterocycles. The molecule has 1 aliphatic rings. The smallest absolute Gasteiger partial charge is 0.339 e. The molecule has 1 saturated heterocycles. The predicted octanol–water partition coefficient (Wildman–Crippen LogP) is 4.96. The molecule has 2 aromatic rings. The monoisotopic (exact) mass is 454 g/mol. The molecular weight excluding hydrogens is 437 g/mol. The maximum Gasteiger partial charge on any atom is 0.418 e. The number of hydrogen-bond acceptors (Lipinski definition) is 2. The molecular formula is C20H18BrF3N2O2. The Bertz CT molecular complexity index is 860. The van der Waals surface area contributed by atoms with Crippen LogP contribution in [0.1, 0.15) is 28.8 Å². The van der Waals surface area contributed by atoms with Crippen LogP contribution in [0.25, 0.3) is 0 Å². The van der Waals surface area contributed by atoms with Crippen molar-refractivity contribution in [3.63, 3.8) is 0 Å². The Balaban J connectivity index is 1.60. The second-order valence-corrected chi connectivity index (χ2v) is 7.52. The number of piperidine rings is 1. The topological polar surface area (TPSA) is 49.4 Å². The summed E-state index contributed by atoms with van der Waals surface area (Å²) in [6, 6.07) is 11.9. The van der Waals surface area contributed by atoms with Gasteiger partial charge < -0.3 is 10.2 Å². The number of para-hydroxylation sites is 1. The highest BCUT2D eigenvalue weighted by Crippen LogP contribution is 2.35. The summed E-state index contributed by atoms with van der Waals surface area (Å²) in [6.45, 7) is 0.766. The number of carbonyl (C=O) groups is 2. The van der Waals surface area contributed by atoms with Crippen LogP contribution < -0.4 is 5.32 Å². The van der Waals surface area contributed by atoms with E-state index in [1.54, 1.807) is 29.2 Å². The summed E-state index contributed by atoms with van der Waals surface area (Å²) in [5, 5.41) is 2.40. The second-order valence-electron chi connectivity index (χ2n) is 6.61. The van der Waals surface area contributed by atoms with E-state index in [9.17, 15) is 22.8 Å². The van der Waals surface area contributed by atoms with Crippen molar-refractivity contribution in [2.45, 2.75) is 19.0 Å². The van der Waals surface area contributed by atoms with Crippen LogP contribution >= 0.6 is 15.9 Å². The number of anilines is 1. The van der Waals surface area contributed by atoms with E-state index < -0.39 is 23.6 Å². The van der Waals surface area contributed by atoms with Gasteiger partial charge in [0.1, 0.15) is 0 Å². The third-order valence-electron chi connectivity index (χ3n) is 4.73. The summed E-state index contributed by atoms with van der Waals surface area (Å²) >= 11 is 3.32. The van der Waals surface area contributed by atoms with Crippen molar-refractivity contribution in [2.24, 2.45) is 5.92 Å². The highest BCUT2D eigenvalue weighted by molar-refractivity contribution is 9.10. The summed E-state index contributed by atoms with van der Waals surface area (Å²) in [5.74, 6) is -1.00. The SMILES string of the molecule is O=C(Nc1ccccc1C(F)(F)F)C1CCN(C(=O)c2ccc(Br)cc2)CC1. The normalized spacial score (nSPS) is 15.4. The van der Waals surface area contributed by atoms with E-state index in [0.717, 1.165) is 10.5 Å². The Kier molecular flexibility index (Phi) is 6.07. The van der Waals surface area contributed by atoms with Crippen LogP contribution in [0.4, 0.5) is 18.9 Å². The average Bonchev–Trinajstić information content (AvgIpc) is 2.68. The van der Waals surface area contributed by atoms with Gasteiger partial charge in [-0.3, -0.25) is 9.59 Å². The van der Waals surface area contributed by atoms with Crippen molar-refractivity contribution in [2.75, 3.05) is 18.4 Å². The molecule has 4 nitrogen and oxygen atoms in total. The molecule has 0 unspecified atom stereocenters. The van der Waals surface area contributed by atoms with Gasteiger partial charge in [-0.2, -0.15) is 13.2 Å². The molecule has 0 atom stereocenters. The third kappa shape index (κ3) is 4.73. The van der Waals surface area contributed by atoms with Gasteiger partial charge in [0.15, 0.2) is 0 Å². The van der Waals surface area contributed by atoms with Gasteiger partial charge in [-0.05, 0) is 49.2 Å². The van der Waals surface area contributed by atoms with E-state index >= 15 is 0 Å². The molecule has 1 aliphatic heterocycles. The second kappa shape index (κ2) is 8.34. The summed E-state index contributed by atoms with van der Waals surface area (Å²) in [5.41, 5.74) is -0.551. The van der Waals surface area contributed by atoms with E-state index in [2.05, 4.69) is 21.2 Å². The molecule has 28 heavy (non-hydrogen) atoms. The van der Waals surface area contributed by atoms with Gasteiger partial charge in [-0.15, -0.1) is 0 Å². The first-order valence-electron chi connectivity index (χ1n) is 8.77. The lowest BCUT2D eigenvalue weighted by Gasteiger charge is -2.31. The Morgan fingerprint density at radius 3 is 2.21 bits per heavy atom. The maximum absolute atomic E-state index is 13.1. The van der Waals surface area contributed by atoms with Crippen LogP contribution in [0.2, 0.25) is 0 Å². The summed E-state index contributed by atoms with van der Waals surface area (Å²) < 4.78 is 40.1. The fraction of sp³-hybridized carbons (Fsp3) is 0.300. The van der Waals surface area contributed by atoms with Crippen molar-refractivity contribution in [3.8, 4) is 0 Å².